The molecular formula is C15H18N2O3. The number of benzene rings is 1. The zero-order valence-corrected chi connectivity index (χ0v) is 11.1. The summed E-state index contributed by atoms with van der Waals surface area (Å²) in [6.45, 7) is 0.814. The van der Waals surface area contributed by atoms with Gasteiger partial charge in [0.1, 0.15) is 0 Å². The Morgan fingerprint density at radius 1 is 1.40 bits per heavy atom. The highest BCUT2D eigenvalue weighted by Gasteiger charge is 2.30. The number of nitrogens with one attached hydrogen (secondary N) is 1. The molecule has 0 radical (unpaired) electrons. The highest BCUT2D eigenvalue weighted by molar-refractivity contribution is 6.05. The number of carbonyl (C=O) groups is 1. The quantitative estimate of drug-likeness (QED) is 0.764. The number of nitrogens with zero attached hydrogens (tertiary/aromatic N) is 1. The van der Waals surface area contributed by atoms with Crippen molar-refractivity contribution in [3.05, 3.63) is 36.0 Å². The third-order valence-corrected chi connectivity index (χ3v) is 4.06. The van der Waals surface area contributed by atoms with E-state index in [1.54, 1.807) is 11.0 Å². The van der Waals surface area contributed by atoms with Crippen molar-refractivity contribution in [1.82, 2.24) is 9.88 Å². The second-order valence-electron chi connectivity index (χ2n) is 5.30. The molecule has 1 aliphatic heterocycles. The molecule has 0 unspecified atom stereocenters. The Balaban J connectivity index is 1.84. The molecule has 2 heterocycles. The van der Waals surface area contributed by atoms with Crippen molar-refractivity contribution in [3.8, 4) is 0 Å². The van der Waals surface area contributed by atoms with Crippen LogP contribution in [0.25, 0.3) is 10.9 Å². The second-order valence-corrected chi connectivity index (χ2v) is 5.30. The Bertz CT molecular complexity index is 622. The van der Waals surface area contributed by atoms with Crippen LogP contribution < -0.4 is 0 Å². The van der Waals surface area contributed by atoms with Crippen molar-refractivity contribution >= 4 is 16.8 Å². The highest BCUT2D eigenvalue weighted by Crippen LogP contribution is 2.22. The third kappa shape index (κ3) is 2.19. The van der Waals surface area contributed by atoms with Crippen LogP contribution >= 0.6 is 0 Å². The van der Waals surface area contributed by atoms with E-state index >= 15 is 0 Å². The van der Waals surface area contributed by atoms with Gasteiger partial charge in [0, 0.05) is 37.2 Å². The minimum atomic E-state index is -0.652. The van der Waals surface area contributed by atoms with E-state index in [-0.39, 0.29) is 25.0 Å². The molecule has 106 valence electrons. The number of H-pyrrole nitrogens is 1. The molecule has 5 nitrogen and oxygen atoms in total. The topological polar surface area (TPSA) is 76.6 Å². The summed E-state index contributed by atoms with van der Waals surface area (Å²) in [7, 11) is 0. The van der Waals surface area contributed by atoms with Crippen molar-refractivity contribution in [2.75, 3.05) is 19.7 Å². The zero-order chi connectivity index (χ0) is 14.1. The molecule has 2 aromatic rings. The number of aromatic amines is 1. The van der Waals surface area contributed by atoms with E-state index in [2.05, 4.69) is 4.98 Å². The van der Waals surface area contributed by atoms with Crippen molar-refractivity contribution in [2.45, 2.75) is 12.5 Å². The summed E-state index contributed by atoms with van der Waals surface area (Å²) in [5.74, 6) is -0.200. The molecule has 20 heavy (non-hydrogen) atoms. The molecule has 0 saturated carbocycles. The summed E-state index contributed by atoms with van der Waals surface area (Å²) in [4.78, 5) is 17.3. The van der Waals surface area contributed by atoms with E-state index in [0.29, 0.717) is 18.5 Å². The number of aromatic nitrogens is 1. The van der Waals surface area contributed by atoms with Crippen LogP contribution in [0.15, 0.2) is 30.5 Å². The molecule has 3 N–H and O–H groups in total. The average molecular weight is 274 g/mol. The number of β-amino-alcohol motifs (C(OH)–C–C–N with tert-alkyl or cyclic N) is 1. The van der Waals surface area contributed by atoms with E-state index in [0.717, 1.165) is 10.9 Å². The number of fused-ring (bicyclic) bond motifs is 1. The maximum atomic E-state index is 12.6. The van der Waals surface area contributed by atoms with Crippen LogP contribution in [0, 0.1) is 5.92 Å². The maximum absolute atomic E-state index is 12.6. The maximum Gasteiger partial charge on any atom is 0.256 e. The summed E-state index contributed by atoms with van der Waals surface area (Å²) >= 11 is 0. The number of hydrogen-bond acceptors (Lipinski definition) is 3. The Morgan fingerprint density at radius 3 is 3.00 bits per heavy atom. The molecule has 2 atom stereocenters. The van der Waals surface area contributed by atoms with Crippen LogP contribution in [0.4, 0.5) is 0 Å². The number of piperidine rings is 1. The minimum Gasteiger partial charge on any atom is -0.396 e. The third-order valence-electron chi connectivity index (χ3n) is 4.06. The predicted octanol–water partition coefficient (Wildman–Crippen LogP) is 0.983. The van der Waals surface area contributed by atoms with E-state index in [9.17, 15) is 9.90 Å². The van der Waals surface area contributed by atoms with E-state index in [1.165, 1.54) is 0 Å². The first-order valence-corrected chi connectivity index (χ1v) is 6.85. The first kappa shape index (κ1) is 13.1. The molecule has 1 saturated heterocycles. The van der Waals surface area contributed by atoms with Crippen molar-refractivity contribution < 1.29 is 15.0 Å². The first-order chi connectivity index (χ1) is 9.70. The molecule has 5 heteroatoms. The molecule has 0 aliphatic carbocycles. The molecule has 1 aliphatic rings. The van der Waals surface area contributed by atoms with Gasteiger partial charge < -0.3 is 20.1 Å². The normalized spacial score (nSPS) is 23.2. The molecule has 1 aromatic carbocycles. The number of amides is 1. The molecule has 3 rings (SSSR count). The Morgan fingerprint density at radius 2 is 2.25 bits per heavy atom. The van der Waals surface area contributed by atoms with E-state index in [1.807, 2.05) is 24.4 Å². The fraction of sp³-hybridized carbons (Fsp3) is 0.400. The molecule has 1 aromatic heterocycles. The van der Waals surface area contributed by atoms with Gasteiger partial charge in [-0.3, -0.25) is 4.79 Å². The Kier molecular flexibility index (Phi) is 3.46. The number of hydrogen-bond donors (Lipinski definition) is 3. The van der Waals surface area contributed by atoms with Gasteiger partial charge in [0.2, 0.25) is 0 Å². The van der Waals surface area contributed by atoms with Gasteiger partial charge in [-0.15, -0.1) is 0 Å². The van der Waals surface area contributed by atoms with Crippen LogP contribution in [0.5, 0.6) is 0 Å². The monoisotopic (exact) mass is 274 g/mol. The van der Waals surface area contributed by atoms with Crippen LogP contribution in [-0.4, -0.2) is 51.8 Å². The summed E-state index contributed by atoms with van der Waals surface area (Å²) in [6, 6.07) is 7.54. The van der Waals surface area contributed by atoms with Crippen molar-refractivity contribution in [1.29, 1.82) is 0 Å². The molecule has 1 amide bonds. The lowest BCUT2D eigenvalue weighted by Crippen LogP contribution is -2.47. The van der Waals surface area contributed by atoms with E-state index in [4.69, 9.17) is 5.11 Å². The molecule has 1 fully saturated rings. The highest BCUT2D eigenvalue weighted by atomic mass is 16.3. The average Bonchev–Trinajstić information content (AvgIpc) is 2.94. The lowest BCUT2D eigenvalue weighted by molar-refractivity contribution is 0.000943. The largest absolute Gasteiger partial charge is 0.396 e. The van der Waals surface area contributed by atoms with Crippen LogP contribution in [0.3, 0.4) is 0 Å². The van der Waals surface area contributed by atoms with Crippen LogP contribution in [0.2, 0.25) is 0 Å². The Labute approximate surface area is 116 Å². The lowest BCUT2D eigenvalue weighted by Gasteiger charge is -2.35. The smallest absolute Gasteiger partial charge is 0.256 e. The standard InChI is InChI=1S/C15H18N2O3/c18-9-11-5-7-17(8-13(11)19)15(20)12-3-1-2-10-4-6-16-14(10)12/h1-4,6,11,13,16,18-19H,5,7-9H2/t11-,13-/m1/s1. The summed E-state index contributed by atoms with van der Waals surface area (Å²) < 4.78 is 0. The van der Waals surface area contributed by atoms with Crippen molar-refractivity contribution in [2.24, 2.45) is 5.92 Å². The number of rotatable bonds is 2. The number of aliphatic hydroxyl groups excluding tert-OH is 2. The van der Waals surface area contributed by atoms with Crippen molar-refractivity contribution in [3.63, 3.8) is 0 Å². The molecule has 0 bridgehead atoms. The number of carbonyl (C=O) groups excluding carboxylic acids is 1. The summed E-state index contributed by atoms with van der Waals surface area (Å²) in [6.07, 6.45) is 1.79. The fourth-order valence-corrected chi connectivity index (χ4v) is 2.81. The van der Waals surface area contributed by atoms with E-state index < -0.39 is 6.10 Å². The van der Waals surface area contributed by atoms with Gasteiger partial charge >= 0.3 is 0 Å². The molecular weight excluding hydrogens is 256 g/mol. The number of aliphatic hydroxyl groups is 2. The van der Waals surface area contributed by atoms with Crippen LogP contribution in [0.1, 0.15) is 16.8 Å². The fourth-order valence-electron chi connectivity index (χ4n) is 2.81. The summed E-state index contributed by atoms with van der Waals surface area (Å²) in [5, 5.41) is 20.1. The van der Waals surface area contributed by atoms with Gasteiger partial charge in [-0.05, 0) is 18.6 Å². The minimum absolute atomic E-state index is 0.0323. The number of para-hydroxylation sites is 1. The van der Waals surface area contributed by atoms with Gasteiger partial charge in [0.05, 0.1) is 17.2 Å². The predicted molar refractivity (Wildman–Crippen MR) is 75.4 cm³/mol. The van der Waals surface area contributed by atoms with Gasteiger partial charge in [0.15, 0.2) is 0 Å². The van der Waals surface area contributed by atoms with Gasteiger partial charge in [-0.2, -0.15) is 0 Å². The van der Waals surface area contributed by atoms with Gasteiger partial charge in [-0.25, -0.2) is 0 Å². The van der Waals surface area contributed by atoms with Gasteiger partial charge in [-0.1, -0.05) is 12.1 Å². The lowest BCUT2D eigenvalue weighted by atomic mass is 9.94. The zero-order valence-electron chi connectivity index (χ0n) is 11.1. The van der Waals surface area contributed by atoms with Gasteiger partial charge in [0.25, 0.3) is 5.91 Å². The summed E-state index contributed by atoms with van der Waals surface area (Å²) in [5.41, 5.74) is 1.46. The first-order valence-electron chi connectivity index (χ1n) is 6.85. The SMILES string of the molecule is O=C(c1cccc2cc[nH]c12)N1CC[C@H](CO)[C@H](O)C1. The molecule has 0 spiro atoms. The van der Waals surface area contributed by atoms with Crippen LogP contribution in [-0.2, 0) is 0 Å². The Hall–Kier alpha value is -1.85. The number of likely N-dealkylation sites (tertiary alicyclic amines) is 1. The second kappa shape index (κ2) is 5.26.